The zero-order chi connectivity index (χ0) is 16.1. The number of benzene rings is 1. The SMILES string of the molecule is CC(C)C(C(=O)NCCc1ccc(N)cc1)N1CCCC1=O. The van der Waals surface area contributed by atoms with E-state index in [1.165, 1.54) is 0 Å². The Hall–Kier alpha value is -2.04. The van der Waals surface area contributed by atoms with Gasteiger partial charge in [0.05, 0.1) is 0 Å². The first-order valence-electron chi connectivity index (χ1n) is 7.90. The number of carbonyl (C=O) groups is 2. The number of nitrogens with two attached hydrogens (primary N) is 1. The predicted octanol–water partition coefficient (Wildman–Crippen LogP) is 1.57. The average molecular weight is 303 g/mol. The average Bonchev–Trinajstić information content (AvgIpc) is 2.87. The summed E-state index contributed by atoms with van der Waals surface area (Å²) in [5.74, 6) is 0.145. The molecule has 2 rings (SSSR count). The van der Waals surface area contributed by atoms with Gasteiger partial charge in [0, 0.05) is 25.2 Å². The van der Waals surface area contributed by atoms with Crippen molar-refractivity contribution >= 4 is 17.5 Å². The highest BCUT2D eigenvalue weighted by Crippen LogP contribution is 2.19. The van der Waals surface area contributed by atoms with Crippen LogP contribution in [-0.4, -0.2) is 35.8 Å². The number of anilines is 1. The van der Waals surface area contributed by atoms with Gasteiger partial charge in [-0.2, -0.15) is 0 Å². The molecule has 1 heterocycles. The van der Waals surface area contributed by atoms with Gasteiger partial charge >= 0.3 is 0 Å². The molecule has 1 saturated heterocycles. The number of carbonyl (C=O) groups excluding carboxylic acids is 2. The Bertz CT molecular complexity index is 525. The molecular weight excluding hydrogens is 278 g/mol. The van der Waals surface area contributed by atoms with Crippen molar-refractivity contribution in [2.45, 2.75) is 39.2 Å². The molecule has 0 saturated carbocycles. The third-order valence-corrected chi connectivity index (χ3v) is 4.04. The van der Waals surface area contributed by atoms with Crippen LogP contribution in [0.3, 0.4) is 0 Å². The quantitative estimate of drug-likeness (QED) is 0.783. The van der Waals surface area contributed by atoms with Crippen LogP contribution in [-0.2, 0) is 16.0 Å². The third-order valence-electron chi connectivity index (χ3n) is 4.04. The van der Waals surface area contributed by atoms with Gasteiger partial charge in [-0.25, -0.2) is 0 Å². The van der Waals surface area contributed by atoms with Crippen LogP contribution in [0.5, 0.6) is 0 Å². The van der Waals surface area contributed by atoms with Crippen LogP contribution < -0.4 is 11.1 Å². The fraction of sp³-hybridized carbons (Fsp3) is 0.529. The Kier molecular flexibility index (Phi) is 5.41. The summed E-state index contributed by atoms with van der Waals surface area (Å²) in [6, 6.07) is 7.28. The van der Waals surface area contributed by atoms with E-state index in [0.29, 0.717) is 19.5 Å². The molecule has 1 aliphatic rings. The van der Waals surface area contributed by atoms with Crippen LogP contribution >= 0.6 is 0 Å². The van der Waals surface area contributed by atoms with E-state index in [0.717, 1.165) is 24.1 Å². The van der Waals surface area contributed by atoms with Crippen molar-refractivity contribution in [3.63, 3.8) is 0 Å². The van der Waals surface area contributed by atoms with Crippen LogP contribution in [0.4, 0.5) is 5.69 Å². The number of likely N-dealkylation sites (tertiary alicyclic amines) is 1. The molecule has 1 aliphatic heterocycles. The molecule has 2 amide bonds. The highest BCUT2D eigenvalue weighted by Gasteiger charge is 2.34. The summed E-state index contributed by atoms with van der Waals surface area (Å²) in [7, 11) is 0. The van der Waals surface area contributed by atoms with E-state index < -0.39 is 0 Å². The van der Waals surface area contributed by atoms with E-state index >= 15 is 0 Å². The molecule has 3 N–H and O–H groups in total. The maximum atomic E-state index is 12.4. The molecule has 0 radical (unpaired) electrons. The number of nitrogens with zero attached hydrogens (tertiary/aromatic N) is 1. The van der Waals surface area contributed by atoms with Crippen molar-refractivity contribution in [1.29, 1.82) is 0 Å². The number of nitrogens with one attached hydrogen (secondary N) is 1. The summed E-state index contributed by atoms with van der Waals surface area (Å²) in [5.41, 5.74) is 7.52. The van der Waals surface area contributed by atoms with Crippen molar-refractivity contribution in [3.8, 4) is 0 Å². The fourth-order valence-corrected chi connectivity index (χ4v) is 2.89. The van der Waals surface area contributed by atoms with E-state index in [4.69, 9.17) is 5.73 Å². The summed E-state index contributed by atoms with van der Waals surface area (Å²) < 4.78 is 0. The molecule has 120 valence electrons. The molecule has 1 unspecified atom stereocenters. The van der Waals surface area contributed by atoms with Gasteiger partial charge in [-0.3, -0.25) is 9.59 Å². The van der Waals surface area contributed by atoms with E-state index in [1.54, 1.807) is 4.90 Å². The van der Waals surface area contributed by atoms with Crippen LogP contribution in [0.25, 0.3) is 0 Å². The van der Waals surface area contributed by atoms with Gasteiger partial charge in [-0.05, 0) is 36.5 Å². The fourth-order valence-electron chi connectivity index (χ4n) is 2.89. The summed E-state index contributed by atoms with van der Waals surface area (Å²) in [6.07, 6.45) is 2.16. The Balaban J connectivity index is 1.88. The first-order valence-corrected chi connectivity index (χ1v) is 7.90. The molecule has 0 aromatic heterocycles. The maximum Gasteiger partial charge on any atom is 0.243 e. The molecular formula is C17H25N3O2. The van der Waals surface area contributed by atoms with Gasteiger partial charge in [-0.1, -0.05) is 26.0 Å². The summed E-state index contributed by atoms with van der Waals surface area (Å²) in [5, 5.41) is 2.96. The predicted molar refractivity (Wildman–Crippen MR) is 87.1 cm³/mol. The number of hydrogen-bond acceptors (Lipinski definition) is 3. The molecule has 22 heavy (non-hydrogen) atoms. The van der Waals surface area contributed by atoms with E-state index in [-0.39, 0.29) is 23.8 Å². The van der Waals surface area contributed by atoms with Crippen molar-refractivity contribution < 1.29 is 9.59 Å². The molecule has 1 aromatic rings. The van der Waals surface area contributed by atoms with Crippen molar-refractivity contribution in [3.05, 3.63) is 29.8 Å². The zero-order valence-electron chi connectivity index (χ0n) is 13.3. The minimum atomic E-state index is -0.360. The largest absolute Gasteiger partial charge is 0.399 e. The lowest BCUT2D eigenvalue weighted by Gasteiger charge is -2.29. The highest BCUT2D eigenvalue weighted by atomic mass is 16.2. The standard InChI is InChI=1S/C17H25N3O2/c1-12(2)16(20-11-3-4-15(20)21)17(22)19-10-9-13-5-7-14(18)8-6-13/h5-8,12,16H,3-4,9-11,18H2,1-2H3,(H,19,22). The van der Waals surface area contributed by atoms with Gasteiger partial charge in [-0.15, -0.1) is 0 Å². The Labute approximate surface area is 131 Å². The highest BCUT2D eigenvalue weighted by molar-refractivity contribution is 5.88. The summed E-state index contributed by atoms with van der Waals surface area (Å²) in [6.45, 7) is 5.21. The zero-order valence-corrected chi connectivity index (χ0v) is 13.3. The van der Waals surface area contributed by atoms with Gasteiger partial charge < -0.3 is 16.0 Å². The maximum absolute atomic E-state index is 12.4. The minimum absolute atomic E-state index is 0.0549. The molecule has 1 atom stereocenters. The van der Waals surface area contributed by atoms with Crippen molar-refractivity contribution in [1.82, 2.24) is 10.2 Å². The summed E-state index contributed by atoms with van der Waals surface area (Å²) in [4.78, 5) is 26.0. The van der Waals surface area contributed by atoms with Crippen LogP contribution in [0.2, 0.25) is 0 Å². The van der Waals surface area contributed by atoms with Gasteiger partial charge in [0.2, 0.25) is 11.8 Å². The van der Waals surface area contributed by atoms with Crippen LogP contribution in [0, 0.1) is 5.92 Å². The molecule has 0 bridgehead atoms. The van der Waals surface area contributed by atoms with Crippen LogP contribution in [0.15, 0.2) is 24.3 Å². The second kappa shape index (κ2) is 7.29. The van der Waals surface area contributed by atoms with Crippen molar-refractivity contribution in [2.75, 3.05) is 18.8 Å². The van der Waals surface area contributed by atoms with Gasteiger partial charge in [0.15, 0.2) is 0 Å². The molecule has 1 aromatic carbocycles. The number of rotatable bonds is 6. The first kappa shape index (κ1) is 16.3. The monoisotopic (exact) mass is 303 g/mol. The minimum Gasteiger partial charge on any atom is -0.399 e. The van der Waals surface area contributed by atoms with E-state index in [9.17, 15) is 9.59 Å². The molecule has 0 spiro atoms. The molecule has 0 aliphatic carbocycles. The third kappa shape index (κ3) is 4.00. The van der Waals surface area contributed by atoms with Gasteiger partial charge in [0.25, 0.3) is 0 Å². The van der Waals surface area contributed by atoms with Crippen molar-refractivity contribution in [2.24, 2.45) is 5.92 Å². The number of hydrogen-bond donors (Lipinski definition) is 2. The smallest absolute Gasteiger partial charge is 0.243 e. The van der Waals surface area contributed by atoms with Gasteiger partial charge in [0.1, 0.15) is 6.04 Å². The topological polar surface area (TPSA) is 75.4 Å². The number of nitrogen functional groups attached to an aromatic ring is 1. The Morgan fingerprint density at radius 3 is 2.55 bits per heavy atom. The molecule has 5 heteroatoms. The van der Waals surface area contributed by atoms with E-state index in [1.807, 2.05) is 38.1 Å². The lowest BCUT2D eigenvalue weighted by molar-refractivity contribution is -0.139. The second-order valence-electron chi connectivity index (χ2n) is 6.16. The lowest BCUT2D eigenvalue weighted by Crippen LogP contribution is -2.50. The lowest BCUT2D eigenvalue weighted by atomic mass is 10.0. The number of amides is 2. The summed E-state index contributed by atoms with van der Waals surface area (Å²) >= 11 is 0. The normalized spacial score (nSPS) is 16.1. The Morgan fingerprint density at radius 2 is 2.00 bits per heavy atom. The first-order chi connectivity index (χ1) is 10.5. The Morgan fingerprint density at radius 1 is 1.32 bits per heavy atom. The molecule has 5 nitrogen and oxygen atoms in total. The van der Waals surface area contributed by atoms with Crippen LogP contribution in [0.1, 0.15) is 32.3 Å². The molecule has 1 fully saturated rings. The second-order valence-corrected chi connectivity index (χ2v) is 6.16. The van der Waals surface area contributed by atoms with E-state index in [2.05, 4.69) is 5.32 Å².